The summed E-state index contributed by atoms with van der Waals surface area (Å²) >= 11 is 0. The summed E-state index contributed by atoms with van der Waals surface area (Å²) in [5, 5.41) is 9.83. The van der Waals surface area contributed by atoms with Gasteiger partial charge in [-0.1, -0.05) is 36.4 Å². The minimum Gasteiger partial charge on any atom is -0.508 e. The maximum atomic E-state index is 9.83. The molecule has 0 amide bonds. The molecule has 1 N–H and O–H groups in total. The Morgan fingerprint density at radius 2 is 1.82 bits per heavy atom. The Hall–Kier alpha value is -1.84. The van der Waals surface area contributed by atoms with E-state index in [4.69, 9.17) is 0 Å². The van der Waals surface area contributed by atoms with Gasteiger partial charge in [0.25, 0.3) is 0 Å². The molecule has 0 radical (unpaired) electrons. The van der Waals surface area contributed by atoms with Crippen molar-refractivity contribution in [1.29, 1.82) is 0 Å². The number of phenols is 1. The van der Waals surface area contributed by atoms with E-state index in [2.05, 4.69) is 53.2 Å². The van der Waals surface area contributed by atoms with Crippen LogP contribution in [0.5, 0.6) is 5.75 Å². The molecule has 2 heterocycles. The van der Waals surface area contributed by atoms with Crippen LogP contribution in [0, 0.1) is 0 Å². The third-order valence-electron chi connectivity index (χ3n) is 5.36. The molecule has 3 heteroatoms. The Morgan fingerprint density at radius 1 is 1.00 bits per heavy atom. The number of benzene rings is 2. The van der Waals surface area contributed by atoms with Gasteiger partial charge in [-0.15, -0.1) is 0 Å². The fourth-order valence-corrected chi connectivity index (χ4v) is 4.08. The number of aromatic hydroxyl groups is 1. The summed E-state index contributed by atoms with van der Waals surface area (Å²) in [7, 11) is 2.22. The maximum absolute atomic E-state index is 9.83. The topological polar surface area (TPSA) is 26.7 Å². The zero-order valence-electron chi connectivity index (χ0n) is 13.0. The van der Waals surface area contributed by atoms with E-state index in [1.54, 1.807) is 6.07 Å². The molecule has 1 unspecified atom stereocenters. The zero-order valence-corrected chi connectivity index (χ0v) is 13.0. The standard InChI is InChI=1S/C19H22N2O/c1-20-12-16-11-18(22)8-7-15(16)13-21-10-9-19(20,14-21)17-5-3-2-4-6-17/h2-8,11,22H,9-10,12-14H2,1H3/t19-/m0/s1. The van der Waals surface area contributed by atoms with Crippen molar-refractivity contribution in [1.82, 2.24) is 9.80 Å². The van der Waals surface area contributed by atoms with Gasteiger partial charge in [0.2, 0.25) is 0 Å². The summed E-state index contributed by atoms with van der Waals surface area (Å²) in [6, 6.07) is 16.7. The second-order valence-electron chi connectivity index (χ2n) is 6.67. The number of fused-ring (bicyclic) bond motifs is 3. The molecule has 2 aromatic rings. The van der Waals surface area contributed by atoms with E-state index >= 15 is 0 Å². The van der Waals surface area contributed by atoms with Crippen LogP contribution in [-0.2, 0) is 18.6 Å². The summed E-state index contributed by atoms with van der Waals surface area (Å²) in [4.78, 5) is 5.01. The number of hydrogen-bond donors (Lipinski definition) is 1. The normalized spacial score (nSPS) is 28.0. The predicted molar refractivity (Wildman–Crippen MR) is 87.6 cm³/mol. The van der Waals surface area contributed by atoms with Crippen molar-refractivity contribution in [2.24, 2.45) is 0 Å². The first-order valence-corrected chi connectivity index (χ1v) is 7.97. The van der Waals surface area contributed by atoms with Crippen LogP contribution in [0.15, 0.2) is 48.5 Å². The molecule has 2 aliphatic heterocycles. The van der Waals surface area contributed by atoms with Gasteiger partial charge in [-0.3, -0.25) is 9.80 Å². The van der Waals surface area contributed by atoms with Gasteiger partial charge in [0.05, 0.1) is 5.54 Å². The molecule has 4 rings (SSSR count). The van der Waals surface area contributed by atoms with E-state index in [9.17, 15) is 5.11 Å². The lowest BCUT2D eigenvalue weighted by atomic mass is 9.86. The highest BCUT2D eigenvalue weighted by molar-refractivity contribution is 5.37. The van der Waals surface area contributed by atoms with Crippen molar-refractivity contribution in [3.8, 4) is 5.75 Å². The van der Waals surface area contributed by atoms with Gasteiger partial charge in [-0.2, -0.15) is 0 Å². The first-order valence-electron chi connectivity index (χ1n) is 7.97. The van der Waals surface area contributed by atoms with E-state index in [1.165, 1.54) is 16.7 Å². The molecule has 0 aromatic heterocycles. The first-order chi connectivity index (χ1) is 10.7. The summed E-state index contributed by atoms with van der Waals surface area (Å²) in [6.45, 7) is 4.07. The third kappa shape index (κ3) is 2.13. The molecule has 2 bridgehead atoms. The number of nitrogens with zero attached hydrogens (tertiary/aromatic N) is 2. The van der Waals surface area contributed by atoms with Crippen LogP contribution in [0.1, 0.15) is 23.1 Å². The van der Waals surface area contributed by atoms with Crippen LogP contribution in [-0.4, -0.2) is 35.0 Å². The predicted octanol–water partition coefficient (Wildman–Crippen LogP) is 2.94. The Morgan fingerprint density at radius 3 is 2.64 bits per heavy atom. The van der Waals surface area contributed by atoms with E-state index in [-0.39, 0.29) is 5.54 Å². The molecule has 3 nitrogen and oxygen atoms in total. The molecule has 0 aliphatic carbocycles. The van der Waals surface area contributed by atoms with Crippen molar-refractivity contribution < 1.29 is 5.11 Å². The Balaban J connectivity index is 1.78. The highest BCUT2D eigenvalue weighted by Crippen LogP contribution is 2.40. The lowest BCUT2D eigenvalue weighted by molar-refractivity contribution is 0.105. The van der Waals surface area contributed by atoms with Crippen molar-refractivity contribution in [3.63, 3.8) is 0 Å². The van der Waals surface area contributed by atoms with Gasteiger partial charge < -0.3 is 5.11 Å². The summed E-state index contributed by atoms with van der Waals surface area (Å²) in [5.41, 5.74) is 4.08. The highest BCUT2D eigenvalue weighted by atomic mass is 16.3. The third-order valence-corrected chi connectivity index (χ3v) is 5.36. The lowest BCUT2D eigenvalue weighted by Gasteiger charge is -2.41. The van der Waals surface area contributed by atoms with Crippen molar-refractivity contribution in [2.75, 3.05) is 20.1 Å². The van der Waals surface area contributed by atoms with E-state index in [0.29, 0.717) is 5.75 Å². The van der Waals surface area contributed by atoms with Gasteiger partial charge in [0.1, 0.15) is 5.75 Å². The largest absolute Gasteiger partial charge is 0.508 e. The Labute approximate surface area is 131 Å². The van der Waals surface area contributed by atoms with E-state index < -0.39 is 0 Å². The van der Waals surface area contributed by atoms with Crippen LogP contribution in [0.2, 0.25) is 0 Å². The molecule has 1 fully saturated rings. The fourth-order valence-electron chi connectivity index (χ4n) is 4.08. The summed E-state index contributed by atoms with van der Waals surface area (Å²) < 4.78 is 0. The molecule has 2 aromatic carbocycles. The van der Waals surface area contributed by atoms with Gasteiger partial charge in [0.15, 0.2) is 0 Å². The molecule has 2 atom stereocenters. The Kier molecular flexibility index (Phi) is 3.21. The van der Waals surface area contributed by atoms with Crippen LogP contribution >= 0.6 is 0 Å². The number of likely N-dealkylation sites (N-methyl/N-ethyl adjacent to an activating group) is 1. The molecular formula is C19H22N2O. The van der Waals surface area contributed by atoms with Crippen LogP contribution < -0.4 is 0 Å². The van der Waals surface area contributed by atoms with Crippen LogP contribution in [0.3, 0.4) is 0 Å². The second-order valence-corrected chi connectivity index (χ2v) is 6.67. The first kappa shape index (κ1) is 13.8. The van der Waals surface area contributed by atoms with Crippen molar-refractivity contribution >= 4 is 0 Å². The monoisotopic (exact) mass is 294 g/mol. The fraction of sp³-hybridized carbons (Fsp3) is 0.368. The number of hydrogen-bond acceptors (Lipinski definition) is 3. The summed E-state index contributed by atoms with van der Waals surface area (Å²) in [6.07, 6.45) is 1.16. The quantitative estimate of drug-likeness (QED) is 0.876. The average molecular weight is 294 g/mol. The minimum absolute atomic E-state index is 0.0877. The molecule has 114 valence electrons. The van der Waals surface area contributed by atoms with Gasteiger partial charge in [0, 0.05) is 26.2 Å². The van der Waals surface area contributed by atoms with E-state index in [1.807, 2.05) is 6.07 Å². The van der Waals surface area contributed by atoms with Gasteiger partial charge in [-0.05, 0) is 42.3 Å². The average Bonchev–Trinajstić information content (AvgIpc) is 2.96. The molecule has 0 saturated carbocycles. The molecular weight excluding hydrogens is 272 g/mol. The van der Waals surface area contributed by atoms with Crippen molar-refractivity contribution in [2.45, 2.75) is 25.0 Å². The molecule has 22 heavy (non-hydrogen) atoms. The zero-order chi connectivity index (χ0) is 15.2. The molecule has 2 aliphatic rings. The van der Waals surface area contributed by atoms with E-state index in [0.717, 1.165) is 32.6 Å². The minimum atomic E-state index is 0.0877. The SMILES string of the molecule is CN1Cc2cc(O)ccc2CN2CC[C@@]1(c1ccccc1)C2. The maximum Gasteiger partial charge on any atom is 0.115 e. The molecule has 0 spiro atoms. The lowest BCUT2D eigenvalue weighted by Crippen LogP contribution is -2.46. The number of phenolic OH excluding ortho intramolecular Hbond substituents is 1. The van der Waals surface area contributed by atoms with Crippen molar-refractivity contribution in [3.05, 3.63) is 65.2 Å². The highest BCUT2D eigenvalue weighted by Gasteiger charge is 2.44. The smallest absolute Gasteiger partial charge is 0.115 e. The van der Waals surface area contributed by atoms with Crippen LogP contribution in [0.4, 0.5) is 0 Å². The molecule has 1 saturated heterocycles. The number of rotatable bonds is 1. The van der Waals surface area contributed by atoms with Crippen LogP contribution in [0.25, 0.3) is 0 Å². The second kappa shape index (κ2) is 5.11. The summed E-state index contributed by atoms with van der Waals surface area (Å²) in [5.74, 6) is 0.365. The Bertz CT molecular complexity index is 685. The van der Waals surface area contributed by atoms with Gasteiger partial charge >= 0.3 is 0 Å². The van der Waals surface area contributed by atoms with Gasteiger partial charge in [-0.25, -0.2) is 0 Å².